The summed E-state index contributed by atoms with van der Waals surface area (Å²) >= 11 is 0. The second-order valence-electron chi connectivity index (χ2n) is 10.1. The van der Waals surface area contributed by atoms with Crippen LogP contribution in [0.25, 0.3) is 16.7 Å². The standard InChI is InChI=1S/C37H26O2/c38-35-29-23-13-14-24-30(29)36(39)37(28-21-11-4-12-22-28)33(27-19-9-3-10-20-27)31(25-15-5-1-6-16-25)32(34(35)37)26-17-7-2-8-18-26/h1-24,36,39H/t36-,37+/m1/s1. The van der Waals surface area contributed by atoms with Crippen molar-refractivity contribution >= 4 is 22.5 Å². The molecule has 2 atom stereocenters. The molecule has 186 valence electrons. The van der Waals surface area contributed by atoms with Crippen molar-refractivity contribution in [2.45, 2.75) is 11.5 Å². The van der Waals surface area contributed by atoms with Gasteiger partial charge in [0.25, 0.3) is 0 Å². The number of allylic oxidation sites excluding steroid dienone is 2. The van der Waals surface area contributed by atoms with Gasteiger partial charge in [-0.3, -0.25) is 4.79 Å². The zero-order valence-corrected chi connectivity index (χ0v) is 21.3. The molecule has 0 amide bonds. The fraction of sp³-hybridized carbons (Fsp3) is 0.0541. The molecule has 5 aromatic rings. The molecule has 0 fully saturated rings. The average molecular weight is 503 g/mol. The third-order valence-corrected chi connectivity index (χ3v) is 8.09. The molecule has 0 saturated carbocycles. The van der Waals surface area contributed by atoms with E-state index in [-0.39, 0.29) is 5.78 Å². The van der Waals surface area contributed by atoms with Gasteiger partial charge in [-0.2, -0.15) is 0 Å². The molecule has 0 saturated heterocycles. The maximum absolute atomic E-state index is 14.8. The molecule has 0 radical (unpaired) electrons. The molecule has 0 aliphatic heterocycles. The van der Waals surface area contributed by atoms with Crippen molar-refractivity contribution in [3.63, 3.8) is 0 Å². The Hall–Kier alpha value is -4.79. The summed E-state index contributed by atoms with van der Waals surface area (Å²) in [6.07, 6.45) is -0.973. The highest BCUT2D eigenvalue weighted by molar-refractivity contribution is 6.33. The number of hydrogen-bond donors (Lipinski definition) is 1. The van der Waals surface area contributed by atoms with Gasteiger partial charge in [-0.25, -0.2) is 0 Å². The van der Waals surface area contributed by atoms with Crippen LogP contribution in [0.3, 0.4) is 0 Å². The normalized spacial score (nSPS) is 20.1. The van der Waals surface area contributed by atoms with Crippen LogP contribution in [0.2, 0.25) is 0 Å². The van der Waals surface area contributed by atoms with E-state index in [1.807, 2.05) is 109 Å². The van der Waals surface area contributed by atoms with Gasteiger partial charge in [0.15, 0.2) is 5.78 Å². The minimum Gasteiger partial charge on any atom is -0.387 e. The molecule has 2 aliphatic carbocycles. The molecule has 39 heavy (non-hydrogen) atoms. The summed E-state index contributed by atoms with van der Waals surface area (Å²) < 4.78 is 0. The summed E-state index contributed by atoms with van der Waals surface area (Å²) in [5.74, 6) is -0.0435. The third kappa shape index (κ3) is 3.35. The number of carbonyl (C=O) groups is 1. The highest BCUT2D eigenvalue weighted by Gasteiger charge is 2.59. The number of fused-ring (bicyclic) bond motifs is 2. The van der Waals surface area contributed by atoms with E-state index in [1.165, 1.54) is 0 Å². The molecule has 2 aliphatic rings. The van der Waals surface area contributed by atoms with E-state index in [2.05, 4.69) is 36.4 Å². The first-order valence-corrected chi connectivity index (χ1v) is 13.3. The van der Waals surface area contributed by atoms with Crippen molar-refractivity contribution in [1.82, 2.24) is 0 Å². The van der Waals surface area contributed by atoms with Crippen molar-refractivity contribution in [2.24, 2.45) is 0 Å². The summed E-state index contributed by atoms with van der Waals surface area (Å²) in [5.41, 5.74) is 7.39. The summed E-state index contributed by atoms with van der Waals surface area (Å²) in [6, 6.07) is 48.2. The van der Waals surface area contributed by atoms with Crippen LogP contribution < -0.4 is 0 Å². The molecule has 0 heterocycles. The van der Waals surface area contributed by atoms with Crippen molar-refractivity contribution in [2.75, 3.05) is 0 Å². The van der Waals surface area contributed by atoms with Crippen molar-refractivity contribution in [3.8, 4) is 0 Å². The van der Waals surface area contributed by atoms with Crippen LogP contribution in [0.15, 0.2) is 151 Å². The van der Waals surface area contributed by atoms with Gasteiger partial charge >= 0.3 is 0 Å². The largest absolute Gasteiger partial charge is 0.387 e. The van der Waals surface area contributed by atoms with Gasteiger partial charge in [0.05, 0.1) is 11.5 Å². The Kier molecular flexibility index (Phi) is 5.50. The Morgan fingerprint density at radius 2 is 0.923 bits per heavy atom. The van der Waals surface area contributed by atoms with E-state index in [9.17, 15) is 9.90 Å². The van der Waals surface area contributed by atoms with Crippen LogP contribution in [0.4, 0.5) is 0 Å². The van der Waals surface area contributed by atoms with Gasteiger partial charge in [-0.1, -0.05) is 146 Å². The number of rotatable bonds is 4. The van der Waals surface area contributed by atoms with Gasteiger partial charge in [0.1, 0.15) is 0 Å². The second kappa shape index (κ2) is 9.20. The molecule has 0 aromatic heterocycles. The molecule has 5 aromatic carbocycles. The first kappa shape index (κ1) is 23.3. The van der Waals surface area contributed by atoms with E-state index in [0.29, 0.717) is 16.7 Å². The van der Waals surface area contributed by atoms with E-state index in [1.54, 1.807) is 0 Å². The Morgan fingerprint density at radius 1 is 0.487 bits per heavy atom. The van der Waals surface area contributed by atoms with Crippen LogP contribution >= 0.6 is 0 Å². The number of aliphatic hydroxyl groups is 1. The van der Waals surface area contributed by atoms with E-state index < -0.39 is 11.5 Å². The molecular weight excluding hydrogens is 476 g/mol. The van der Waals surface area contributed by atoms with Crippen molar-refractivity contribution in [3.05, 3.63) is 185 Å². The quantitative estimate of drug-likeness (QED) is 0.271. The average Bonchev–Trinajstić information content (AvgIpc) is 3.35. The number of Topliss-reactive ketones (excluding diaryl/α,β-unsaturated/α-hetero) is 1. The summed E-state index contributed by atoms with van der Waals surface area (Å²) in [4.78, 5) is 14.8. The zero-order chi connectivity index (χ0) is 26.4. The summed E-state index contributed by atoms with van der Waals surface area (Å²) in [7, 11) is 0. The number of carbonyl (C=O) groups excluding carboxylic acids is 1. The first-order chi connectivity index (χ1) is 19.2. The van der Waals surface area contributed by atoms with Crippen LogP contribution in [-0.4, -0.2) is 10.9 Å². The SMILES string of the molecule is O=C1C2=C(c3ccccc3)C(c3ccccc3)=C(c3ccccc3)[C@]2(c2ccccc2)[C@H](O)c2ccccc21. The molecule has 1 N–H and O–H groups in total. The molecule has 2 heteroatoms. The predicted molar refractivity (Wildman–Crippen MR) is 157 cm³/mol. The van der Waals surface area contributed by atoms with Gasteiger partial charge in [0, 0.05) is 11.1 Å². The highest BCUT2D eigenvalue weighted by Crippen LogP contribution is 2.65. The zero-order valence-electron chi connectivity index (χ0n) is 21.3. The molecule has 0 bridgehead atoms. The minimum absolute atomic E-state index is 0.0435. The molecule has 2 nitrogen and oxygen atoms in total. The number of hydrogen-bond acceptors (Lipinski definition) is 2. The third-order valence-electron chi connectivity index (χ3n) is 8.09. The minimum atomic E-state index is -1.11. The molecule has 0 unspecified atom stereocenters. The topological polar surface area (TPSA) is 37.3 Å². The Balaban J connectivity index is 1.74. The Bertz CT molecular complexity index is 1750. The van der Waals surface area contributed by atoms with E-state index >= 15 is 0 Å². The van der Waals surface area contributed by atoms with Crippen LogP contribution in [-0.2, 0) is 5.41 Å². The van der Waals surface area contributed by atoms with Gasteiger partial charge in [-0.15, -0.1) is 0 Å². The highest BCUT2D eigenvalue weighted by atomic mass is 16.3. The maximum Gasteiger partial charge on any atom is 0.191 e. The van der Waals surface area contributed by atoms with Crippen molar-refractivity contribution < 1.29 is 9.90 Å². The lowest BCUT2D eigenvalue weighted by Crippen LogP contribution is -2.43. The number of ketones is 1. The second-order valence-corrected chi connectivity index (χ2v) is 10.1. The smallest absolute Gasteiger partial charge is 0.191 e. The van der Waals surface area contributed by atoms with Gasteiger partial charge in [-0.05, 0) is 44.5 Å². The van der Waals surface area contributed by atoms with E-state index in [0.717, 1.165) is 39.0 Å². The van der Waals surface area contributed by atoms with Gasteiger partial charge < -0.3 is 5.11 Å². The molecule has 0 spiro atoms. The van der Waals surface area contributed by atoms with Crippen LogP contribution in [0.5, 0.6) is 0 Å². The fourth-order valence-electron chi connectivity index (χ4n) is 6.56. The lowest BCUT2D eigenvalue weighted by molar-refractivity contribution is 0.0889. The Labute approximate surface area is 228 Å². The van der Waals surface area contributed by atoms with Gasteiger partial charge in [0.2, 0.25) is 0 Å². The predicted octanol–water partition coefficient (Wildman–Crippen LogP) is 7.93. The molecule has 7 rings (SSSR count). The van der Waals surface area contributed by atoms with Crippen LogP contribution in [0.1, 0.15) is 44.3 Å². The Morgan fingerprint density at radius 3 is 1.49 bits per heavy atom. The lowest BCUT2D eigenvalue weighted by Gasteiger charge is -2.44. The first-order valence-electron chi connectivity index (χ1n) is 13.3. The van der Waals surface area contributed by atoms with Crippen molar-refractivity contribution in [1.29, 1.82) is 0 Å². The number of benzene rings is 5. The lowest BCUT2D eigenvalue weighted by atomic mass is 9.58. The summed E-state index contributed by atoms with van der Waals surface area (Å²) in [5, 5.41) is 12.6. The van der Waals surface area contributed by atoms with E-state index in [4.69, 9.17) is 0 Å². The monoisotopic (exact) mass is 502 g/mol. The maximum atomic E-state index is 14.8. The molecular formula is C37H26O2. The fourth-order valence-corrected chi connectivity index (χ4v) is 6.56. The number of aliphatic hydroxyl groups excluding tert-OH is 1. The van der Waals surface area contributed by atoms with Crippen LogP contribution in [0, 0.1) is 0 Å². The summed E-state index contributed by atoms with van der Waals surface area (Å²) in [6.45, 7) is 0.